The van der Waals surface area contributed by atoms with Crippen LogP contribution >= 0.6 is 0 Å². The predicted molar refractivity (Wildman–Crippen MR) is 83.7 cm³/mol. The van der Waals surface area contributed by atoms with E-state index in [1.54, 1.807) is 7.11 Å². The SMILES string of the molecule is COc1cc(CN2C[C@H]3CCCN3C(=O)[C@H]2C)cc2c1OCO2. The third kappa shape index (κ3) is 2.41. The van der Waals surface area contributed by atoms with E-state index < -0.39 is 0 Å². The van der Waals surface area contributed by atoms with Crippen molar-refractivity contribution in [1.29, 1.82) is 0 Å². The first-order valence-electron chi connectivity index (χ1n) is 8.18. The van der Waals surface area contributed by atoms with E-state index in [4.69, 9.17) is 14.2 Å². The van der Waals surface area contributed by atoms with E-state index >= 15 is 0 Å². The molecule has 2 atom stereocenters. The molecule has 2 saturated heterocycles. The van der Waals surface area contributed by atoms with Crippen molar-refractivity contribution in [2.75, 3.05) is 27.0 Å². The molecule has 1 amide bonds. The Morgan fingerprint density at radius 2 is 2.22 bits per heavy atom. The highest BCUT2D eigenvalue weighted by molar-refractivity contribution is 5.83. The first kappa shape index (κ1) is 14.6. The molecule has 4 rings (SSSR count). The van der Waals surface area contributed by atoms with Gasteiger partial charge in [-0.2, -0.15) is 0 Å². The highest BCUT2D eigenvalue weighted by atomic mass is 16.7. The molecule has 0 bridgehead atoms. The van der Waals surface area contributed by atoms with Crippen molar-refractivity contribution in [1.82, 2.24) is 9.80 Å². The molecule has 3 aliphatic rings. The molecule has 3 heterocycles. The van der Waals surface area contributed by atoms with Crippen molar-refractivity contribution >= 4 is 5.91 Å². The molecule has 1 aromatic rings. The lowest BCUT2D eigenvalue weighted by molar-refractivity contribution is -0.143. The van der Waals surface area contributed by atoms with E-state index in [0.29, 0.717) is 24.1 Å². The highest BCUT2D eigenvalue weighted by Crippen LogP contribution is 2.42. The van der Waals surface area contributed by atoms with Crippen molar-refractivity contribution in [2.45, 2.75) is 38.4 Å². The Labute approximate surface area is 135 Å². The first-order chi connectivity index (χ1) is 11.2. The van der Waals surface area contributed by atoms with E-state index in [9.17, 15) is 4.79 Å². The molecule has 0 N–H and O–H groups in total. The number of methoxy groups -OCH3 is 1. The fourth-order valence-corrected chi connectivity index (χ4v) is 3.85. The van der Waals surface area contributed by atoms with E-state index in [1.807, 2.05) is 19.1 Å². The maximum Gasteiger partial charge on any atom is 0.239 e. The molecular formula is C17H22N2O4. The molecule has 0 unspecified atom stereocenters. The summed E-state index contributed by atoms with van der Waals surface area (Å²) in [5.74, 6) is 2.33. The molecule has 2 fully saturated rings. The Hall–Kier alpha value is -1.95. The number of hydrogen-bond donors (Lipinski definition) is 0. The summed E-state index contributed by atoms with van der Waals surface area (Å²) < 4.78 is 16.3. The Balaban J connectivity index is 1.57. The number of carbonyl (C=O) groups excluding carboxylic acids is 1. The highest BCUT2D eigenvalue weighted by Gasteiger charge is 2.40. The van der Waals surface area contributed by atoms with Crippen LogP contribution in [0.25, 0.3) is 0 Å². The maximum atomic E-state index is 12.5. The van der Waals surface area contributed by atoms with Gasteiger partial charge in [-0.1, -0.05) is 0 Å². The number of rotatable bonds is 3. The largest absolute Gasteiger partial charge is 0.493 e. The van der Waals surface area contributed by atoms with Gasteiger partial charge in [-0.3, -0.25) is 9.69 Å². The van der Waals surface area contributed by atoms with Gasteiger partial charge >= 0.3 is 0 Å². The zero-order valence-electron chi connectivity index (χ0n) is 13.6. The molecule has 3 aliphatic heterocycles. The summed E-state index contributed by atoms with van der Waals surface area (Å²) in [6.07, 6.45) is 2.23. The van der Waals surface area contributed by atoms with E-state index in [2.05, 4.69) is 9.80 Å². The van der Waals surface area contributed by atoms with Crippen LogP contribution in [-0.4, -0.2) is 54.8 Å². The molecule has 1 aromatic carbocycles. The van der Waals surface area contributed by atoms with Gasteiger partial charge in [-0.05, 0) is 37.5 Å². The Morgan fingerprint density at radius 1 is 1.35 bits per heavy atom. The minimum Gasteiger partial charge on any atom is -0.493 e. The number of amides is 1. The second-order valence-electron chi connectivity index (χ2n) is 6.46. The lowest BCUT2D eigenvalue weighted by atomic mass is 10.1. The number of carbonyl (C=O) groups is 1. The van der Waals surface area contributed by atoms with Gasteiger partial charge in [0.15, 0.2) is 11.5 Å². The number of nitrogens with zero attached hydrogens (tertiary/aromatic N) is 2. The summed E-state index contributed by atoms with van der Waals surface area (Å²) in [6.45, 7) is 4.79. The van der Waals surface area contributed by atoms with Crippen LogP contribution in [0.15, 0.2) is 12.1 Å². The van der Waals surface area contributed by atoms with Crippen molar-refractivity contribution in [3.63, 3.8) is 0 Å². The molecule has 6 nitrogen and oxygen atoms in total. The molecule has 124 valence electrons. The summed E-state index contributed by atoms with van der Waals surface area (Å²) in [6, 6.07) is 4.25. The van der Waals surface area contributed by atoms with Crippen LogP contribution in [-0.2, 0) is 11.3 Å². The topological polar surface area (TPSA) is 51.2 Å². The zero-order chi connectivity index (χ0) is 16.0. The van der Waals surface area contributed by atoms with E-state index in [0.717, 1.165) is 37.2 Å². The van der Waals surface area contributed by atoms with Crippen LogP contribution in [0.2, 0.25) is 0 Å². The summed E-state index contributed by atoms with van der Waals surface area (Å²) in [5.41, 5.74) is 1.08. The summed E-state index contributed by atoms with van der Waals surface area (Å²) in [5, 5.41) is 0. The van der Waals surface area contributed by atoms with Crippen LogP contribution < -0.4 is 14.2 Å². The van der Waals surface area contributed by atoms with Gasteiger partial charge in [0.05, 0.1) is 13.2 Å². The Kier molecular flexibility index (Phi) is 3.56. The fourth-order valence-electron chi connectivity index (χ4n) is 3.85. The third-order valence-corrected chi connectivity index (χ3v) is 5.11. The monoisotopic (exact) mass is 318 g/mol. The van der Waals surface area contributed by atoms with E-state index in [1.165, 1.54) is 0 Å². The van der Waals surface area contributed by atoms with Gasteiger partial charge in [0.1, 0.15) is 0 Å². The predicted octanol–water partition coefficient (Wildman–Crippen LogP) is 1.62. The summed E-state index contributed by atoms with van der Waals surface area (Å²) in [7, 11) is 1.63. The van der Waals surface area contributed by atoms with Crippen LogP contribution in [0.5, 0.6) is 17.2 Å². The van der Waals surface area contributed by atoms with Crippen LogP contribution in [0.4, 0.5) is 0 Å². The average Bonchev–Trinajstić information content (AvgIpc) is 3.20. The average molecular weight is 318 g/mol. The normalized spacial score (nSPS) is 26.5. The molecule has 0 saturated carbocycles. The van der Waals surface area contributed by atoms with Crippen molar-refractivity contribution in [2.24, 2.45) is 0 Å². The first-order valence-corrected chi connectivity index (χ1v) is 8.18. The van der Waals surface area contributed by atoms with Gasteiger partial charge in [0, 0.05) is 25.7 Å². The van der Waals surface area contributed by atoms with Crippen LogP contribution in [0.1, 0.15) is 25.3 Å². The second kappa shape index (κ2) is 5.60. The molecule has 0 aliphatic carbocycles. The van der Waals surface area contributed by atoms with Gasteiger partial charge in [0.25, 0.3) is 0 Å². The molecule has 0 radical (unpaired) electrons. The number of hydrogen-bond acceptors (Lipinski definition) is 5. The molecule has 0 spiro atoms. The number of benzene rings is 1. The minimum absolute atomic E-state index is 0.0826. The van der Waals surface area contributed by atoms with Gasteiger partial charge in [-0.25, -0.2) is 0 Å². The van der Waals surface area contributed by atoms with Crippen molar-refractivity contribution in [3.05, 3.63) is 17.7 Å². The smallest absolute Gasteiger partial charge is 0.239 e. The second-order valence-corrected chi connectivity index (χ2v) is 6.46. The van der Waals surface area contributed by atoms with Crippen molar-refractivity contribution in [3.8, 4) is 17.2 Å². The third-order valence-electron chi connectivity index (χ3n) is 5.11. The van der Waals surface area contributed by atoms with E-state index in [-0.39, 0.29) is 18.7 Å². The fraction of sp³-hybridized carbons (Fsp3) is 0.588. The Morgan fingerprint density at radius 3 is 3.04 bits per heavy atom. The summed E-state index contributed by atoms with van der Waals surface area (Å²) >= 11 is 0. The molecular weight excluding hydrogens is 296 g/mol. The number of fused-ring (bicyclic) bond motifs is 2. The molecule has 6 heteroatoms. The standard InChI is InChI=1S/C17H22N2O4/c1-11-17(20)19-5-3-4-13(19)9-18(11)8-12-6-14(21-2)16-15(7-12)22-10-23-16/h6-7,11,13H,3-5,8-10H2,1-2H3/t11-,13-/m1/s1. The maximum absolute atomic E-state index is 12.5. The van der Waals surface area contributed by atoms with Gasteiger partial charge in [-0.15, -0.1) is 0 Å². The lowest BCUT2D eigenvalue weighted by Gasteiger charge is -2.41. The molecule has 0 aromatic heterocycles. The Bertz CT molecular complexity index is 633. The zero-order valence-corrected chi connectivity index (χ0v) is 13.6. The lowest BCUT2D eigenvalue weighted by Crippen LogP contribution is -2.58. The van der Waals surface area contributed by atoms with Crippen LogP contribution in [0, 0.1) is 0 Å². The molecule has 23 heavy (non-hydrogen) atoms. The quantitative estimate of drug-likeness (QED) is 0.848. The summed E-state index contributed by atoms with van der Waals surface area (Å²) in [4.78, 5) is 16.8. The van der Waals surface area contributed by atoms with Gasteiger partial charge < -0.3 is 19.1 Å². The number of piperazine rings is 1. The minimum atomic E-state index is -0.0826. The van der Waals surface area contributed by atoms with Crippen molar-refractivity contribution < 1.29 is 19.0 Å². The number of ether oxygens (including phenoxy) is 3. The van der Waals surface area contributed by atoms with Gasteiger partial charge in [0.2, 0.25) is 18.4 Å². The van der Waals surface area contributed by atoms with Crippen LogP contribution in [0.3, 0.4) is 0 Å².